The quantitative estimate of drug-likeness (QED) is 0.851. The van der Waals surface area contributed by atoms with Gasteiger partial charge in [-0.3, -0.25) is 14.5 Å². The Kier molecular flexibility index (Phi) is 6.30. The van der Waals surface area contributed by atoms with Crippen molar-refractivity contribution in [2.24, 2.45) is 5.92 Å². The predicted octanol–water partition coefficient (Wildman–Crippen LogP) is 2.42. The molecule has 0 spiro atoms. The van der Waals surface area contributed by atoms with Crippen molar-refractivity contribution in [1.82, 2.24) is 15.5 Å². The molecule has 1 aromatic rings. The Morgan fingerprint density at radius 3 is 2.58 bits per heavy atom. The van der Waals surface area contributed by atoms with Crippen LogP contribution < -0.4 is 10.6 Å². The third kappa shape index (κ3) is 4.85. The van der Waals surface area contributed by atoms with Crippen molar-refractivity contribution < 1.29 is 9.59 Å². The number of piperidine rings is 1. The molecule has 0 aromatic heterocycles. The molecule has 1 unspecified atom stereocenters. The number of fused-ring (bicyclic) bond motifs is 1. The minimum atomic E-state index is 0.0252. The lowest BCUT2D eigenvalue weighted by atomic mass is 9.88. The Morgan fingerprint density at radius 1 is 1.12 bits per heavy atom. The molecular weight excluding hydrogens is 326 g/mol. The standard InChI is InChI=1S/C21H31N3O2/c1-15(2)21(26)22-17-10-12-24(13-11-17)14-20(25)23-19-9-5-7-16-6-3-4-8-18(16)19/h3-4,6,8,15,17,19H,5,7,9-14H2,1-2H3,(H,22,26)(H,23,25). The average molecular weight is 357 g/mol. The minimum Gasteiger partial charge on any atom is -0.353 e. The number of rotatable bonds is 5. The van der Waals surface area contributed by atoms with Crippen LogP contribution in [0.1, 0.15) is 56.7 Å². The van der Waals surface area contributed by atoms with E-state index >= 15 is 0 Å². The smallest absolute Gasteiger partial charge is 0.234 e. The maximum Gasteiger partial charge on any atom is 0.234 e. The van der Waals surface area contributed by atoms with Crippen molar-refractivity contribution in [3.05, 3.63) is 35.4 Å². The second-order valence-electron chi connectivity index (χ2n) is 7.92. The van der Waals surface area contributed by atoms with Gasteiger partial charge in [-0.1, -0.05) is 38.1 Å². The molecule has 1 aliphatic carbocycles. The molecule has 3 rings (SSSR count). The third-order valence-corrected chi connectivity index (χ3v) is 5.53. The van der Waals surface area contributed by atoms with E-state index in [9.17, 15) is 9.59 Å². The van der Waals surface area contributed by atoms with Gasteiger partial charge in [0.25, 0.3) is 0 Å². The fraction of sp³-hybridized carbons (Fsp3) is 0.619. The number of hydrogen-bond acceptors (Lipinski definition) is 3. The molecule has 26 heavy (non-hydrogen) atoms. The van der Waals surface area contributed by atoms with Crippen LogP contribution in [0.15, 0.2) is 24.3 Å². The zero-order valence-corrected chi connectivity index (χ0v) is 16.0. The summed E-state index contributed by atoms with van der Waals surface area (Å²) in [7, 11) is 0. The first-order valence-corrected chi connectivity index (χ1v) is 9.93. The Hall–Kier alpha value is -1.88. The van der Waals surface area contributed by atoms with E-state index in [1.807, 2.05) is 13.8 Å². The predicted molar refractivity (Wildman–Crippen MR) is 103 cm³/mol. The van der Waals surface area contributed by atoms with Gasteiger partial charge >= 0.3 is 0 Å². The van der Waals surface area contributed by atoms with Gasteiger partial charge in [0.15, 0.2) is 0 Å². The summed E-state index contributed by atoms with van der Waals surface area (Å²) in [6, 6.07) is 8.83. The van der Waals surface area contributed by atoms with Crippen LogP contribution in [0.2, 0.25) is 0 Å². The van der Waals surface area contributed by atoms with E-state index in [4.69, 9.17) is 0 Å². The molecule has 0 saturated carbocycles. The van der Waals surface area contributed by atoms with E-state index in [-0.39, 0.29) is 29.8 Å². The molecule has 1 heterocycles. The molecule has 1 aromatic carbocycles. The maximum absolute atomic E-state index is 12.5. The summed E-state index contributed by atoms with van der Waals surface area (Å²) in [5, 5.41) is 6.33. The number of benzene rings is 1. The van der Waals surface area contributed by atoms with Crippen LogP contribution in [-0.4, -0.2) is 42.4 Å². The van der Waals surface area contributed by atoms with Crippen LogP contribution >= 0.6 is 0 Å². The topological polar surface area (TPSA) is 61.4 Å². The fourth-order valence-corrected chi connectivity index (χ4v) is 3.95. The van der Waals surface area contributed by atoms with Crippen LogP contribution in [-0.2, 0) is 16.0 Å². The lowest BCUT2D eigenvalue weighted by Crippen LogP contribution is -2.48. The molecule has 5 nitrogen and oxygen atoms in total. The molecule has 1 atom stereocenters. The molecular formula is C21H31N3O2. The van der Waals surface area contributed by atoms with Crippen molar-refractivity contribution in [1.29, 1.82) is 0 Å². The zero-order valence-electron chi connectivity index (χ0n) is 16.0. The summed E-state index contributed by atoms with van der Waals surface area (Å²) in [6.45, 7) is 6.00. The van der Waals surface area contributed by atoms with Crippen LogP contribution in [0, 0.1) is 5.92 Å². The second kappa shape index (κ2) is 8.67. The first-order valence-electron chi connectivity index (χ1n) is 9.93. The van der Waals surface area contributed by atoms with Crippen molar-refractivity contribution >= 4 is 11.8 Å². The van der Waals surface area contributed by atoms with Crippen LogP contribution in [0.5, 0.6) is 0 Å². The highest BCUT2D eigenvalue weighted by Crippen LogP contribution is 2.29. The number of nitrogens with zero attached hydrogens (tertiary/aromatic N) is 1. The molecule has 2 amide bonds. The van der Waals surface area contributed by atoms with E-state index in [1.54, 1.807) is 0 Å². The number of hydrogen-bond donors (Lipinski definition) is 2. The third-order valence-electron chi connectivity index (χ3n) is 5.53. The summed E-state index contributed by atoms with van der Waals surface area (Å²) in [6.07, 6.45) is 5.09. The highest BCUT2D eigenvalue weighted by atomic mass is 16.2. The fourth-order valence-electron chi connectivity index (χ4n) is 3.95. The first-order chi connectivity index (χ1) is 12.5. The average Bonchev–Trinajstić information content (AvgIpc) is 2.63. The SMILES string of the molecule is CC(C)C(=O)NC1CCN(CC(=O)NC2CCCc3ccccc32)CC1. The number of nitrogens with one attached hydrogen (secondary N) is 2. The van der Waals surface area contributed by atoms with E-state index in [1.165, 1.54) is 11.1 Å². The van der Waals surface area contributed by atoms with E-state index in [0.717, 1.165) is 45.2 Å². The Labute approximate surface area is 156 Å². The normalized spacial score (nSPS) is 21.3. The van der Waals surface area contributed by atoms with Crippen molar-refractivity contribution in [3.8, 4) is 0 Å². The zero-order chi connectivity index (χ0) is 18.5. The highest BCUT2D eigenvalue weighted by Gasteiger charge is 2.25. The monoisotopic (exact) mass is 357 g/mol. The Balaban J connectivity index is 1.45. The molecule has 0 bridgehead atoms. The molecule has 0 radical (unpaired) electrons. The van der Waals surface area contributed by atoms with Gasteiger partial charge in [0.1, 0.15) is 0 Å². The van der Waals surface area contributed by atoms with Crippen LogP contribution in [0.3, 0.4) is 0 Å². The number of carbonyl (C=O) groups excluding carboxylic acids is 2. The van der Waals surface area contributed by atoms with E-state index in [0.29, 0.717) is 6.54 Å². The molecule has 142 valence electrons. The van der Waals surface area contributed by atoms with Gasteiger partial charge in [0, 0.05) is 25.0 Å². The van der Waals surface area contributed by atoms with E-state index < -0.39 is 0 Å². The molecule has 1 aliphatic heterocycles. The van der Waals surface area contributed by atoms with Gasteiger partial charge in [-0.25, -0.2) is 0 Å². The summed E-state index contributed by atoms with van der Waals surface area (Å²) >= 11 is 0. The van der Waals surface area contributed by atoms with Gasteiger partial charge in [-0.2, -0.15) is 0 Å². The molecule has 2 aliphatic rings. The van der Waals surface area contributed by atoms with Crippen molar-refractivity contribution in [3.63, 3.8) is 0 Å². The largest absolute Gasteiger partial charge is 0.353 e. The van der Waals surface area contributed by atoms with Gasteiger partial charge < -0.3 is 10.6 Å². The molecule has 1 fully saturated rings. The Morgan fingerprint density at radius 2 is 1.85 bits per heavy atom. The lowest BCUT2D eigenvalue weighted by Gasteiger charge is -2.33. The van der Waals surface area contributed by atoms with Gasteiger partial charge in [0.2, 0.25) is 11.8 Å². The Bertz CT molecular complexity index is 636. The van der Waals surface area contributed by atoms with Gasteiger partial charge in [0.05, 0.1) is 12.6 Å². The van der Waals surface area contributed by atoms with Gasteiger partial charge in [-0.05, 0) is 43.2 Å². The minimum absolute atomic E-state index is 0.0252. The maximum atomic E-state index is 12.5. The van der Waals surface area contributed by atoms with Gasteiger partial charge in [-0.15, -0.1) is 0 Å². The molecule has 5 heteroatoms. The lowest BCUT2D eigenvalue weighted by molar-refractivity contribution is -0.126. The first kappa shape index (κ1) is 18.9. The molecule has 1 saturated heterocycles. The van der Waals surface area contributed by atoms with Crippen LogP contribution in [0.4, 0.5) is 0 Å². The summed E-state index contributed by atoms with van der Waals surface area (Å²) in [5.74, 6) is 0.255. The number of aryl methyl sites for hydroxylation is 1. The number of carbonyl (C=O) groups is 2. The van der Waals surface area contributed by atoms with E-state index in [2.05, 4.69) is 39.8 Å². The summed E-state index contributed by atoms with van der Waals surface area (Å²) < 4.78 is 0. The summed E-state index contributed by atoms with van der Waals surface area (Å²) in [5.41, 5.74) is 2.65. The second-order valence-corrected chi connectivity index (χ2v) is 7.92. The van der Waals surface area contributed by atoms with Crippen molar-refractivity contribution in [2.45, 2.75) is 58.0 Å². The molecule has 2 N–H and O–H groups in total. The summed E-state index contributed by atoms with van der Waals surface area (Å²) in [4.78, 5) is 26.5. The van der Waals surface area contributed by atoms with Crippen molar-refractivity contribution in [2.75, 3.05) is 19.6 Å². The van der Waals surface area contributed by atoms with Crippen LogP contribution in [0.25, 0.3) is 0 Å². The highest BCUT2D eigenvalue weighted by molar-refractivity contribution is 5.79. The number of likely N-dealkylation sites (tertiary alicyclic amines) is 1. The number of amides is 2.